The van der Waals surface area contributed by atoms with Crippen molar-refractivity contribution in [2.24, 2.45) is 0 Å². The molecule has 1 rings (SSSR count). The van der Waals surface area contributed by atoms with Crippen molar-refractivity contribution in [3.8, 4) is 0 Å². The zero-order valence-corrected chi connectivity index (χ0v) is 9.87. The molecule has 1 aromatic rings. The minimum atomic E-state index is -3.35. The van der Waals surface area contributed by atoms with Gasteiger partial charge in [-0.15, -0.1) is 0 Å². The van der Waals surface area contributed by atoms with Crippen molar-refractivity contribution in [3.05, 3.63) is 28.2 Å². The molecule has 1 heterocycles. The molecular formula is C8H12N4O4S. The summed E-state index contributed by atoms with van der Waals surface area (Å²) in [5, 5.41) is 7.97. The van der Waals surface area contributed by atoms with Gasteiger partial charge in [0.25, 0.3) is 11.5 Å². The number of carbonyl (C=O) groups is 1. The van der Waals surface area contributed by atoms with E-state index >= 15 is 0 Å². The van der Waals surface area contributed by atoms with E-state index in [1.54, 1.807) is 0 Å². The third-order valence-corrected chi connectivity index (χ3v) is 3.24. The van der Waals surface area contributed by atoms with Crippen LogP contribution in [0.5, 0.6) is 0 Å². The molecule has 0 fully saturated rings. The van der Waals surface area contributed by atoms with Crippen LogP contribution in [0.4, 0.5) is 0 Å². The van der Waals surface area contributed by atoms with Crippen LogP contribution in [0.2, 0.25) is 0 Å². The molecule has 94 valence electrons. The zero-order chi connectivity index (χ0) is 12.9. The van der Waals surface area contributed by atoms with Gasteiger partial charge in [-0.2, -0.15) is 5.10 Å². The molecule has 0 atom stereocenters. The number of rotatable bonds is 5. The highest BCUT2D eigenvalue weighted by atomic mass is 32.2. The van der Waals surface area contributed by atoms with Gasteiger partial charge in [0.1, 0.15) is 5.69 Å². The summed E-state index contributed by atoms with van der Waals surface area (Å²) in [6, 6.07) is 2.41. The molecule has 0 aliphatic heterocycles. The molecule has 0 unspecified atom stereocenters. The number of aromatic nitrogens is 2. The molecule has 17 heavy (non-hydrogen) atoms. The van der Waals surface area contributed by atoms with E-state index in [9.17, 15) is 18.0 Å². The Labute approximate surface area is 97.5 Å². The van der Waals surface area contributed by atoms with Crippen LogP contribution < -0.4 is 15.6 Å². The van der Waals surface area contributed by atoms with Gasteiger partial charge in [-0.05, 0) is 13.1 Å². The summed E-state index contributed by atoms with van der Waals surface area (Å²) in [4.78, 5) is 22.1. The summed E-state index contributed by atoms with van der Waals surface area (Å²) in [6.45, 7) is -0.0389. The summed E-state index contributed by atoms with van der Waals surface area (Å²) in [7, 11) is -2.05. The first kappa shape index (κ1) is 13.3. The smallest absolute Gasteiger partial charge is 0.271 e. The normalized spacial score (nSPS) is 11.1. The molecule has 1 aromatic heterocycles. The molecule has 0 aliphatic rings. The minimum Gasteiger partial charge on any atom is -0.350 e. The number of amides is 1. The van der Waals surface area contributed by atoms with Gasteiger partial charge in [-0.25, -0.2) is 18.2 Å². The molecule has 0 aliphatic carbocycles. The highest BCUT2D eigenvalue weighted by Crippen LogP contribution is 1.88. The number of hydrogen-bond donors (Lipinski definition) is 3. The lowest BCUT2D eigenvalue weighted by Crippen LogP contribution is -2.33. The Hall–Kier alpha value is -1.74. The maximum atomic E-state index is 11.4. The van der Waals surface area contributed by atoms with Crippen LogP contribution in [-0.2, 0) is 10.0 Å². The summed E-state index contributed by atoms with van der Waals surface area (Å²) in [6.07, 6.45) is 0. The number of aromatic amines is 1. The quantitative estimate of drug-likeness (QED) is 0.568. The SMILES string of the molecule is CNS(=O)(=O)CCNC(=O)c1ccc(=O)[nH]n1. The number of sulfonamides is 1. The zero-order valence-electron chi connectivity index (χ0n) is 9.06. The maximum absolute atomic E-state index is 11.4. The van der Waals surface area contributed by atoms with E-state index in [2.05, 4.69) is 20.2 Å². The molecule has 0 radical (unpaired) electrons. The average molecular weight is 260 g/mol. The molecule has 8 nitrogen and oxygen atoms in total. The van der Waals surface area contributed by atoms with Crippen molar-refractivity contribution in [2.45, 2.75) is 0 Å². The van der Waals surface area contributed by atoms with E-state index in [0.717, 1.165) is 6.07 Å². The van der Waals surface area contributed by atoms with Crippen LogP contribution in [0.1, 0.15) is 10.5 Å². The number of carbonyl (C=O) groups excluding carboxylic acids is 1. The topological polar surface area (TPSA) is 121 Å². The van der Waals surface area contributed by atoms with Crippen LogP contribution in [0.25, 0.3) is 0 Å². The number of H-pyrrole nitrogens is 1. The largest absolute Gasteiger partial charge is 0.350 e. The maximum Gasteiger partial charge on any atom is 0.271 e. The highest BCUT2D eigenvalue weighted by molar-refractivity contribution is 7.89. The Morgan fingerprint density at radius 3 is 2.71 bits per heavy atom. The van der Waals surface area contributed by atoms with E-state index in [1.807, 2.05) is 0 Å². The molecule has 0 spiro atoms. The lowest BCUT2D eigenvalue weighted by atomic mass is 10.4. The first-order chi connectivity index (χ1) is 7.94. The van der Waals surface area contributed by atoms with Crippen LogP contribution in [0, 0.1) is 0 Å². The summed E-state index contributed by atoms with van der Waals surface area (Å²) in [5.74, 6) is -0.772. The lowest BCUT2D eigenvalue weighted by molar-refractivity contribution is 0.0950. The summed E-state index contributed by atoms with van der Waals surface area (Å²) in [5.41, 5.74) is -0.397. The van der Waals surface area contributed by atoms with Crippen molar-refractivity contribution in [1.82, 2.24) is 20.2 Å². The van der Waals surface area contributed by atoms with Crippen molar-refractivity contribution < 1.29 is 13.2 Å². The van der Waals surface area contributed by atoms with Crippen molar-refractivity contribution in [1.29, 1.82) is 0 Å². The van der Waals surface area contributed by atoms with Gasteiger partial charge < -0.3 is 5.32 Å². The van der Waals surface area contributed by atoms with Gasteiger partial charge in [0.05, 0.1) is 5.75 Å². The fourth-order valence-electron chi connectivity index (χ4n) is 0.962. The summed E-state index contributed by atoms with van der Waals surface area (Å²) < 4.78 is 24.2. The van der Waals surface area contributed by atoms with Gasteiger partial charge >= 0.3 is 0 Å². The lowest BCUT2D eigenvalue weighted by Gasteiger charge is -2.04. The van der Waals surface area contributed by atoms with Crippen LogP contribution in [0.15, 0.2) is 16.9 Å². The van der Waals surface area contributed by atoms with Gasteiger partial charge in [0.15, 0.2) is 0 Å². The van der Waals surface area contributed by atoms with Gasteiger partial charge in [0, 0.05) is 12.6 Å². The van der Waals surface area contributed by atoms with E-state index in [-0.39, 0.29) is 18.0 Å². The Balaban J connectivity index is 2.51. The molecule has 0 aromatic carbocycles. The van der Waals surface area contributed by atoms with E-state index < -0.39 is 21.5 Å². The molecule has 1 amide bonds. The van der Waals surface area contributed by atoms with Gasteiger partial charge in [0.2, 0.25) is 10.0 Å². The molecule has 3 N–H and O–H groups in total. The predicted octanol–water partition coefficient (Wildman–Crippen LogP) is -1.95. The van der Waals surface area contributed by atoms with Gasteiger partial charge in [-0.1, -0.05) is 0 Å². The minimum absolute atomic E-state index is 0.0199. The molecule has 9 heteroatoms. The molecule has 0 saturated carbocycles. The summed E-state index contributed by atoms with van der Waals surface area (Å²) >= 11 is 0. The van der Waals surface area contributed by atoms with Crippen LogP contribution in [-0.4, -0.2) is 43.9 Å². The third-order valence-electron chi connectivity index (χ3n) is 1.88. The van der Waals surface area contributed by atoms with E-state index in [1.165, 1.54) is 13.1 Å². The number of nitrogens with one attached hydrogen (secondary N) is 3. The standard InChI is InChI=1S/C8H12N4O4S/c1-9-17(15,16)5-4-10-8(14)6-2-3-7(13)12-11-6/h2-3,9H,4-5H2,1H3,(H,10,14)(H,12,13). The molecule has 0 saturated heterocycles. The van der Waals surface area contributed by atoms with Crippen molar-refractivity contribution in [3.63, 3.8) is 0 Å². The fraction of sp³-hybridized carbons (Fsp3) is 0.375. The fourth-order valence-corrected chi connectivity index (χ4v) is 1.54. The van der Waals surface area contributed by atoms with Crippen molar-refractivity contribution >= 4 is 15.9 Å². The first-order valence-corrected chi connectivity index (χ1v) is 6.35. The Morgan fingerprint density at radius 2 is 2.18 bits per heavy atom. The van der Waals surface area contributed by atoms with Crippen LogP contribution in [0.3, 0.4) is 0 Å². The predicted molar refractivity (Wildman–Crippen MR) is 60.0 cm³/mol. The molecular weight excluding hydrogens is 248 g/mol. The van der Waals surface area contributed by atoms with E-state index in [0.29, 0.717) is 0 Å². The third kappa shape index (κ3) is 4.33. The Bertz CT molecular complexity index is 530. The Kier molecular flexibility index (Phi) is 4.35. The average Bonchev–Trinajstić information content (AvgIpc) is 2.29. The van der Waals surface area contributed by atoms with E-state index in [4.69, 9.17) is 0 Å². The monoisotopic (exact) mass is 260 g/mol. The number of nitrogens with zero attached hydrogens (tertiary/aromatic N) is 1. The highest BCUT2D eigenvalue weighted by Gasteiger charge is 2.10. The van der Waals surface area contributed by atoms with Crippen molar-refractivity contribution in [2.75, 3.05) is 19.3 Å². The van der Waals surface area contributed by atoms with Gasteiger partial charge in [-0.3, -0.25) is 9.59 Å². The first-order valence-electron chi connectivity index (χ1n) is 4.70. The molecule has 0 bridgehead atoms. The van der Waals surface area contributed by atoms with Crippen LogP contribution >= 0.6 is 0 Å². The number of hydrogen-bond acceptors (Lipinski definition) is 5. The second kappa shape index (κ2) is 5.55. The second-order valence-corrected chi connectivity index (χ2v) is 5.13. The second-order valence-electron chi connectivity index (χ2n) is 3.09. The Morgan fingerprint density at radius 1 is 1.47 bits per heavy atom.